The molecule has 0 spiro atoms. The number of nitrogens with two attached hydrogens (primary N) is 1. The van der Waals surface area contributed by atoms with Gasteiger partial charge in [0.05, 0.1) is 11.8 Å². The monoisotopic (exact) mass is 191 g/mol. The van der Waals surface area contributed by atoms with Crippen molar-refractivity contribution in [2.75, 3.05) is 6.61 Å². The van der Waals surface area contributed by atoms with Crippen molar-refractivity contribution >= 4 is 0 Å². The predicted molar refractivity (Wildman–Crippen MR) is 52.7 cm³/mol. The number of aromatic nitrogens is 1. The summed E-state index contributed by atoms with van der Waals surface area (Å²) in [6.07, 6.45) is 3.07. The molecule has 0 aromatic carbocycles. The number of rotatable bonds is 3. The van der Waals surface area contributed by atoms with Gasteiger partial charge in [-0.05, 0) is 19.9 Å². The van der Waals surface area contributed by atoms with Gasteiger partial charge in [-0.2, -0.15) is 5.26 Å². The highest BCUT2D eigenvalue weighted by atomic mass is 16.5. The number of hydrogen-bond acceptors (Lipinski definition) is 4. The molecule has 4 nitrogen and oxygen atoms in total. The standard InChI is InChI=1S/C10H13N3O/c1-10(2,12)7-14-9-6-13-4-3-8(9)5-11/h3-4,6H,7,12H2,1-2H3. The summed E-state index contributed by atoms with van der Waals surface area (Å²) in [5.74, 6) is 0.480. The predicted octanol–water partition coefficient (Wildman–Crippen LogP) is 1.07. The maximum atomic E-state index is 8.76. The van der Waals surface area contributed by atoms with Crippen LogP contribution >= 0.6 is 0 Å². The zero-order valence-corrected chi connectivity index (χ0v) is 8.32. The van der Waals surface area contributed by atoms with Crippen LogP contribution in [0.2, 0.25) is 0 Å². The fourth-order valence-corrected chi connectivity index (χ4v) is 0.851. The van der Waals surface area contributed by atoms with E-state index in [0.29, 0.717) is 17.9 Å². The molecule has 0 amide bonds. The van der Waals surface area contributed by atoms with Gasteiger partial charge in [-0.25, -0.2) is 0 Å². The largest absolute Gasteiger partial charge is 0.489 e. The lowest BCUT2D eigenvalue weighted by atomic mass is 10.1. The second kappa shape index (κ2) is 4.07. The maximum absolute atomic E-state index is 8.76. The van der Waals surface area contributed by atoms with Gasteiger partial charge >= 0.3 is 0 Å². The molecule has 1 rings (SSSR count). The average Bonchev–Trinajstić information content (AvgIpc) is 2.14. The molecule has 0 radical (unpaired) electrons. The third-order valence-electron chi connectivity index (χ3n) is 1.50. The topological polar surface area (TPSA) is 71.9 Å². The lowest BCUT2D eigenvalue weighted by Gasteiger charge is -2.19. The van der Waals surface area contributed by atoms with Crippen LogP contribution in [0.4, 0.5) is 0 Å². The van der Waals surface area contributed by atoms with Crippen LogP contribution in [0.5, 0.6) is 5.75 Å². The summed E-state index contributed by atoms with van der Waals surface area (Å²) in [5.41, 5.74) is 5.81. The minimum atomic E-state index is -0.414. The molecule has 14 heavy (non-hydrogen) atoms. The van der Waals surface area contributed by atoms with Gasteiger partial charge in [-0.3, -0.25) is 4.98 Å². The van der Waals surface area contributed by atoms with Crippen molar-refractivity contribution in [1.82, 2.24) is 4.98 Å². The highest BCUT2D eigenvalue weighted by Crippen LogP contribution is 2.15. The Bertz CT molecular complexity index is 349. The Morgan fingerprint density at radius 3 is 2.93 bits per heavy atom. The van der Waals surface area contributed by atoms with E-state index in [1.165, 1.54) is 6.20 Å². The Hall–Kier alpha value is -1.60. The van der Waals surface area contributed by atoms with Crippen molar-refractivity contribution < 1.29 is 4.74 Å². The SMILES string of the molecule is CC(C)(N)COc1cnccc1C#N. The van der Waals surface area contributed by atoms with Crippen LogP contribution in [-0.2, 0) is 0 Å². The van der Waals surface area contributed by atoms with Crippen LogP contribution in [0, 0.1) is 11.3 Å². The number of nitriles is 1. The first-order valence-corrected chi connectivity index (χ1v) is 4.29. The molecule has 4 heteroatoms. The van der Waals surface area contributed by atoms with Gasteiger partial charge in [0.15, 0.2) is 5.75 Å². The molecule has 2 N–H and O–H groups in total. The molecular weight excluding hydrogens is 178 g/mol. The van der Waals surface area contributed by atoms with Crippen molar-refractivity contribution in [3.05, 3.63) is 24.0 Å². The van der Waals surface area contributed by atoms with Gasteiger partial charge in [0.1, 0.15) is 12.7 Å². The second-order valence-corrected chi connectivity index (χ2v) is 3.76. The molecule has 0 aliphatic carbocycles. The minimum absolute atomic E-state index is 0.355. The summed E-state index contributed by atoms with van der Waals surface area (Å²) in [5, 5.41) is 8.76. The lowest BCUT2D eigenvalue weighted by molar-refractivity contribution is 0.242. The molecule has 0 fully saturated rings. The molecule has 1 aromatic rings. The molecule has 74 valence electrons. The van der Waals surface area contributed by atoms with Crippen molar-refractivity contribution in [3.63, 3.8) is 0 Å². The van der Waals surface area contributed by atoms with Gasteiger partial charge in [-0.15, -0.1) is 0 Å². The highest BCUT2D eigenvalue weighted by molar-refractivity contribution is 5.40. The van der Waals surface area contributed by atoms with E-state index in [0.717, 1.165) is 0 Å². The van der Waals surface area contributed by atoms with E-state index in [1.807, 2.05) is 19.9 Å². The van der Waals surface area contributed by atoms with E-state index in [1.54, 1.807) is 12.3 Å². The summed E-state index contributed by atoms with van der Waals surface area (Å²) < 4.78 is 5.38. The molecule has 0 bridgehead atoms. The smallest absolute Gasteiger partial charge is 0.155 e. The van der Waals surface area contributed by atoms with Gasteiger partial charge in [0.2, 0.25) is 0 Å². The molecule has 0 unspecified atom stereocenters. The zero-order chi connectivity index (χ0) is 10.6. The van der Waals surface area contributed by atoms with Crippen molar-refractivity contribution in [2.45, 2.75) is 19.4 Å². The van der Waals surface area contributed by atoms with Crippen molar-refractivity contribution in [1.29, 1.82) is 5.26 Å². The number of pyridine rings is 1. The fraction of sp³-hybridized carbons (Fsp3) is 0.400. The first-order chi connectivity index (χ1) is 6.53. The first-order valence-electron chi connectivity index (χ1n) is 4.29. The summed E-state index contributed by atoms with van der Waals surface area (Å²) in [6.45, 7) is 4.07. The number of ether oxygens (including phenoxy) is 1. The Balaban J connectivity index is 2.73. The molecular formula is C10H13N3O. The van der Waals surface area contributed by atoms with Gasteiger partial charge in [0.25, 0.3) is 0 Å². The molecule has 0 aliphatic rings. The highest BCUT2D eigenvalue weighted by Gasteiger charge is 2.12. The van der Waals surface area contributed by atoms with E-state index >= 15 is 0 Å². The lowest BCUT2D eigenvalue weighted by Crippen LogP contribution is -2.38. The van der Waals surface area contributed by atoms with E-state index in [2.05, 4.69) is 4.98 Å². The Morgan fingerprint density at radius 2 is 2.36 bits per heavy atom. The van der Waals surface area contributed by atoms with Crippen LogP contribution < -0.4 is 10.5 Å². The molecule has 1 heterocycles. The molecule has 0 atom stereocenters. The quantitative estimate of drug-likeness (QED) is 0.775. The van der Waals surface area contributed by atoms with E-state index < -0.39 is 5.54 Å². The van der Waals surface area contributed by atoms with Crippen LogP contribution in [0.3, 0.4) is 0 Å². The van der Waals surface area contributed by atoms with Gasteiger partial charge < -0.3 is 10.5 Å². The average molecular weight is 191 g/mol. The van der Waals surface area contributed by atoms with E-state index in [-0.39, 0.29) is 0 Å². The third-order valence-corrected chi connectivity index (χ3v) is 1.50. The van der Waals surface area contributed by atoms with Crippen LogP contribution in [0.15, 0.2) is 18.5 Å². The Morgan fingerprint density at radius 1 is 1.64 bits per heavy atom. The van der Waals surface area contributed by atoms with Crippen LogP contribution in [-0.4, -0.2) is 17.1 Å². The van der Waals surface area contributed by atoms with Crippen molar-refractivity contribution in [3.8, 4) is 11.8 Å². The summed E-state index contributed by atoms with van der Waals surface area (Å²) in [7, 11) is 0. The normalized spacial score (nSPS) is 10.7. The van der Waals surface area contributed by atoms with Crippen LogP contribution in [0.25, 0.3) is 0 Å². The van der Waals surface area contributed by atoms with Gasteiger partial charge in [-0.1, -0.05) is 0 Å². The third kappa shape index (κ3) is 3.04. The number of nitrogens with zero attached hydrogens (tertiary/aromatic N) is 2. The molecule has 0 saturated carbocycles. The molecule has 0 saturated heterocycles. The second-order valence-electron chi connectivity index (χ2n) is 3.76. The zero-order valence-electron chi connectivity index (χ0n) is 8.32. The molecule has 0 aliphatic heterocycles. The summed E-state index contributed by atoms with van der Waals surface area (Å²) in [6, 6.07) is 3.64. The number of hydrogen-bond donors (Lipinski definition) is 1. The first kappa shape index (κ1) is 10.5. The Labute approximate surface area is 83.3 Å². The van der Waals surface area contributed by atoms with E-state index in [9.17, 15) is 0 Å². The van der Waals surface area contributed by atoms with E-state index in [4.69, 9.17) is 15.7 Å². The van der Waals surface area contributed by atoms with Gasteiger partial charge in [0, 0.05) is 11.7 Å². The fourth-order valence-electron chi connectivity index (χ4n) is 0.851. The summed E-state index contributed by atoms with van der Waals surface area (Å²) in [4.78, 5) is 3.88. The minimum Gasteiger partial charge on any atom is -0.489 e. The van der Waals surface area contributed by atoms with Crippen LogP contribution in [0.1, 0.15) is 19.4 Å². The van der Waals surface area contributed by atoms with Crippen molar-refractivity contribution in [2.24, 2.45) is 5.73 Å². The Kier molecular flexibility index (Phi) is 3.05. The summed E-state index contributed by atoms with van der Waals surface area (Å²) >= 11 is 0. The maximum Gasteiger partial charge on any atom is 0.155 e. The molecule has 1 aromatic heterocycles.